The number of hydrogen-bond donors (Lipinski definition) is 2. The molecule has 1 aromatic carbocycles. The van der Waals surface area contributed by atoms with Crippen molar-refractivity contribution in [3.63, 3.8) is 0 Å². The van der Waals surface area contributed by atoms with Gasteiger partial charge in [0, 0.05) is 22.6 Å². The second kappa shape index (κ2) is 5.06. The Morgan fingerprint density at radius 2 is 2.24 bits per heavy atom. The number of nitrogens with one attached hydrogen (secondary N) is 2. The molecule has 0 saturated heterocycles. The van der Waals surface area contributed by atoms with Gasteiger partial charge in [0.1, 0.15) is 0 Å². The lowest BCUT2D eigenvalue weighted by Crippen LogP contribution is -2.14. The van der Waals surface area contributed by atoms with Crippen LogP contribution in [0.5, 0.6) is 0 Å². The Hall–Kier alpha value is -1.74. The first-order valence-electron chi connectivity index (χ1n) is 5.33. The van der Waals surface area contributed by atoms with Crippen LogP contribution in [0.3, 0.4) is 0 Å². The number of amides is 1. The Balaban J connectivity index is 2.00. The summed E-state index contributed by atoms with van der Waals surface area (Å²) in [6.45, 7) is 1.92. The van der Waals surface area contributed by atoms with Crippen molar-refractivity contribution in [3.05, 3.63) is 52.8 Å². The summed E-state index contributed by atoms with van der Waals surface area (Å²) in [4.78, 5) is 14.7. The van der Waals surface area contributed by atoms with Crippen molar-refractivity contribution < 1.29 is 4.79 Å². The minimum absolute atomic E-state index is 0.0626. The van der Waals surface area contributed by atoms with Crippen LogP contribution in [0.2, 0.25) is 5.02 Å². The Morgan fingerprint density at radius 3 is 2.88 bits per heavy atom. The van der Waals surface area contributed by atoms with Gasteiger partial charge in [-0.25, -0.2) is 0 Å². The third kappa shape index (κ3) is 3.11. The standard InChI is InChI=1S/C13H13ClN2O/c1-9-4-5-11(7-12(9)14)16-13(17)8-10-3-2-6-15-10/h2-7,15H,8H2,1H3,(H,16,17). The number of carbonyl (C=O) groups excluding carboxylic acids is 1. The minimum Gasteiger partial charge on any atom is -0.365 e. The number of H-pyrrole nitrogens is 1. The first kappa shape index (κ1) is 11.7. The first-order valence-corrected chi connectivity index (χ1v) is 5.71. The van der Waals surface area contributed by atoms with Gasteiger partial charge in [-0.3, -0.25) is 4.79 Å². The van der Waals surface area contributed by atoms with Gasteiger partial charge in [-0.05, 0) is 36.8 Å². The van der Waals surface area contributed by atoms with Crippen molar-refractivity contribution in [2.24, 2.45) is 0 Å². The molecule has 0 unspecified atom stereocenters. The molecule has 1 heterocycles. The van der Waals surface area contributed by atoms with E-state index in [0.29, 0.717) is 11.4 Å². The van der Waals surface area contributed by atoms with Crippen molar-refractivity contribution in [1.29, 1.82) is 0 Å². The summed E-state index contributed by atoms with van der Waals surface area (Å²) >= 11 is 5.98. The molecule has 1 aromatic heterocycles. The van der Waals surface area contributed by atoms with Gasteiger partial charge < -0.3 is 10.3 Å². The van der Waals surface area contributed by atoms with Crippen LogP contribution in [0.1, 0.15) is 11.3 Å². The summed E-state index contributed by atoms with van der Waals surface area (Å²) in [5.74, 6) is -0.0626. The number of anilines is 1. The lowest BCUT2D eigenvalue weighted by Gasteiger charge is -2.06. The number of aryl methyl sites for hydroxylation is 1. The van der Waals surface area contributed by atoms with Gasteiger partial charge >= 0.3 is 0 Å². The maximum absolute atomic E-state index is 11.7. The fourth-order valence-corrected chi connectivity index (χ4v) is 1.71. The van der Waals surface area contributed by atoms with Gasteiger partial charge in [-0.2, -0.15) is 0 Å². The highest BCUT2D eigenvalue weighted by molar-refractivity contribution is 6.31. The molecular weight excluding hydrogens is 236 g/mol. The van der Waals surface area contributed by atoms with Crippen LogP contribution >= 0.6 is 11.6 Å². The van der Waals surface area contributed by atoms with Crippen molar-refractivity contribution in [3.8, 4) is 0 Å². The van der Waals surface area contributed by atoms with E-state index in [9.17, 15) is 4.79 Å². The zero-order valence-corrected chi connectivity index (χ0v) is 10.2. The molecule has 0 aliphatic heterocycles. The fourth-order valence-electron chi connectivity index (χ4n) is 1.53. The Kier molecular flexibility index (Phi) is 3.49. The maximum atomic E-state index is 11.7. The molecule has 0 aliphatic carbocycles. The van der Waals surface area contributed by atoms with E-state index >= 15 is 0 Å². The second-order valence-corrected chi connectivity index (χ2v) is 4.29. The minimum atomic E-state index is -0.0626. The Labute approximate surface area is 105 Å². The lowest BCUT2D eigenvalue weighted by molar-refractivity contribution is -0.115. The summed E-state index contributed by atoms with van der Waals surface area (Å²) in [7, 11) is 0. The van der Waals surface area contributed by atoms with Crippen molar-refractivity contribution >= 4 is 23.2 Å². The van der Waals surface area contributed by atoms with Crippen LogP contribution in [0.4, 0.5) is 5.69 Å². The van der Waals surface area contributed by atoms with Gasteiger partial charge in [0.25, 0.3) is 0 Å². The topological polar surface area (TPSA) is 44.9 Å². The number of benzene rings is 1. The summed E-state index contributed by atoms with van der Waals surface area (Å²) in [5.41, 5.74) is 2.60. The molecule has 17 heavy (non-hydrogen) atoms. The molecule has 0 bridgehead atoms. The van der Waals surface area contributed by atoms with Crippen LogP contribution in [0.15, 0.2) is 36.5 Å². The lowest BCUT2D eigenvalue weighted by atomic mass is 10.2. The molecule has 0 fully saturated rings. The van der Waals surface area contributed by atoms with E-state index in [0.717, 1.165) is 16.9 Å². The number of halogens is 1. The van der Waals surface area contributed by atoms with Crippen molar-refractivity contribution in [2.45, 2.75) is 13.3 Å². The van der Waals surface area contributed by atoms with E-state index in [1.165, 1.54) is 0 Å². The molecule has 1 amide bonds. The van der Waals surface area contributed by atoms with E-state index in [2.05, 4.69) is 10.3 Å². The quantitative estimate of drug-likeness (QED) is 0.861. The molecule has 88 valence electrons. The van der Waals surface area contributed by atoms with E-state index in [4.69, 9.17) is 11.6 Å². The number of aromatic amines is 1. The van der Waals surface area contributed by atoms with Gasteiger partial charge in [-0.15, -0.1) is 0 Å². The highest BCUT2D eigenvalue weighted by Gasteiger charge is 2.05. The zero-order valence-electron chi connectivity index (χ0n) is 9.46. The molecule has 0 atom stereocenters. The van der Waals surface area contributed by atoms with Gasteiger partial charge in [-0.1, -0.05) is 17.7 Å². The Morgan fingerprint density at radius 1 is 1.41 bits per heavy atom. The van der Waals surface area contributed by atoms with E-state index in [1.807, 2.05) is 31.2 Å². The van der Waals surface area contributed by atoms with Crippen LogP contribution < -0.4 is 5.32 Å². The average Bonchev–Trinajstić information content (AvgIpc) is 2.76. The predicted molar refractivity (Wildman–Crippen MR) is 69.3 cm³/mol. The molecule has 2 N–H and O–H groups in total. The molecule has 2 aromatic rings. The summed E-state index contributed by atoms with van der Waals surface area (Å²) in [6.07, 6.45) is 2.13. The van der Waals surface area contributed by atoms with Crippen LogP contribution in [0.25, 0.3) is 0 Å². The van der Waals surface area contributed by atoms with E-state index in [1.54, 1.807) is 12.3 Å². The summed E-state index contributed by atoms with van der Waals surface area (Å²) in [6, 6.07) is 9.22. The molecule has 0 radical (unpaired) electrons. The third-order valence-electron chi connectivity index (χ3n) is 2.47. The van der Waals surface area contributed by atoms with Crippen molar-refractivity contribution in [2.75, 3.05) is 5.32 Å². The van der Waals surface area contributed by atoms with Crippen LogP contribution in [0, 0.1) is 6.92 Å². The van der Waals surface area contributed by atoms with E-state index in [-0.39, 0.29) is 5.91 Å². The van der Waals surface area contributed by atoms with Crippen LogP contribution in [-0.4, -0.2) is 10.9 Å². The average molecular weight is 249 g/mol. The molecule has 0 spiro atoms. The predicted octanol–water partition coefficient (Wildman–Crippen LogP) is 3.16. The zero-order chi connectivity index (χ0) is 12.3. The largest absolute Gasteiger partial charge is 0.365 e. The molecule has 3 nitrogen and oxygen atoms in total. The van der Waals surface area contributed by atoms with Gasteiger partial charge in [0.15, 0.2) is 0 Å². The maximum Gasteiger partial charge on any atom is 0.230 e. The monoisotopic (exact) mass is 248 g/mol. The third-order valence-corrected chi connectivity index (χ3v) is 2.88. The van der Waals surface area contributed by atoms with E-state index < -0.39 is 0 Å². The van der Waals surface area contributed by atoms with Crippen molar-refractivity contribution in [1.82, 2.24) is 4.98 Å². The fraction of sp³-hybridized carbons (Fsp3) is 0.154. The molecule has 0 aliphatic rings. The summed E-state index contributed by atoms with van der Waals surface area (Å²) < 4.78 is 0. The normalized spacial score (nSPS) is 10.2. The second-order valence-electron chi connectivity index (χ2n) is 3.88. The number of carbonyl (C=O) groups is 1. The Bertz CT molecular complexity index is 520. The number of rotatable bonds is 3. The first-order chi connectivity index (χ1) is 8.15. The molecule has 2 rings (SSSR count). The molecular formula is C13H13ClN2O. The molecule has 4 heteroatoms. The SMILES string of the molecule is Cc1ccc(NC(=O)Cc2ccc[nH]2)cc1Cl. The molecule has 0 saturated carbocycles. The summed E-state index contributed by atoms with van der Waals surface area (Å²) in [5, 5.41) is 3.46. The highest BCUT2D eigenvalue weighted by Crippen LogP contribution is 2.19. The van der Waals surface area contributed by atoms with Gasteiger partial charge in [0.2, 0.25) is 5.91 Å². The van der Waals surface area contributed by atoms with Gasteiger partial charge in [0.05, 0.1) is 6.42 Å². The number of hydrogen-bond acceptors (Lipinski definition) is 1. The number of aromatic nitrogens is 1. The highest BCUT2D eigenvalue weighted by atomic mass is 35.5. The smallest absolute Gasteiger partial charge is 0.230 e. The van der Waals surface area contributed by atoms with Crippen LogP contribution in [-0.2, 0) is 11.2 Å².